The van der Waals surface area contributed by atoms with Gasteiger partial charge in [0.25, 0.3) is 0 Å². The Morgan fingerprint density at radius 1 is 0.927 bits per heavy atom. The van der Waals surface area contributed by atoms with Crippen molar-refractivity contribution >= 4 is 0 Å². The number of pyridine rings is 2. The number of aromatic nitrogens is 2. The van der Waals surface area contributed by atoms with Crippen molar-refractivity contribution in [2.24, 2.45) is 0 Å². The number of likely N-dealkylation sites (N-methyl/N-ethyl adjacent to an activating group) is 2. The van der Waals surface area contributed by atoms with Gasteiger partial charge in [0, 0.05) is 63.1 Å². The average Bonchev–Trinajstić information content (AvgIpc) is 3.67. The molecule has 41 heavy (non-hydrogen) atoms. The number of ether oxygens (including phenoxy) is 4. The molecule has 2 saturated heterocycles. The van der Waals surface area contributed by atoms with Gasteiger partial charge in [-0.05, 0) is 62.5 Å². The molecule has 8 nitrogen and oxygen atoms in total. The van der Waals surface area contributed by atoms with Crippen molar-refractivity contribution in [3.8, 4) is 0 Å². The van der Waals surface area contributed by atoms with Gasteiger partial charge in [0.1, 0.15) is 0 Å². The van der Waals surface area contributed by atoms with Crippen molar-refractivity contribution in [3.63, 3.8) is 0 Å². The first-order valence-electron chi connectivity index (χ1n) is 15.5. The molecule has 0 aromatic carbocycles. The normalized spacial score (nSPS) is 21.1. The summed E-state index contributed by atoms with van der Waals surface area (Å²) in [4.78, 5) is 14.7. The topological polar surface area (TPSA) is 69.2 Å². The highest BCUT2D eigenvalue weighted by atomic mass is 16.5. The van der Waals surface area contributed by atoms with E-state index in [2.05, 4.69) is 68.9 Å². The number of nitrogens with zero attached hydrogens (tertiary/aromatic N) is 4. The summed E-state index contributed by atoms with van der Waals surface area (Å²) in [6.07, 6.45) is 3.12. The van der Waals surface area contributed by atoms with E-state index < -0.39 is 0 Å². The van der Waals surface area contributed by atoms with Crippen LogP contribution >= 0.6 is 0 Å². The van der Waals surface area contributed by atoms with E-state index in [0.717, 1.165) is 89.0 Å². The molecule has 0 saturated carbocycles. The van der Waals surface area contributed by atoms with Crippen LogP contribution in [0.4, 0.5) is 0 Å². The van der Waals surface area contributed by atoms with Crippen molar-refractivity contribution in [1.29, 1.82) is 0 Å². The Balaban J connectivity index is 1.26. The molecule has 0 radical (unpaired) electrons. The third-order valence-corrected chi connectivity index (χ3v) is 8.38. The molecule has 0 bridgehead atoms. The number of hydrogen-bond donors (Lipinski definition) is 0. The summed E-state index contributed by atoms with van der Waals surface area (Å²) in [5.41, 5.74) is 7.30. The molecule has 3 atom stereocenters. The summed E-state index contributed by atoms with van der Waals surface area (Å²) >= 11 is 0. The van der Waals surface area contributed by atoms with Gasteiger partial charge in [0.05, 0.1) is 50.5 Å². The molecule has 2 fully saturated rings. The minimum atomic E-state index is 0.117. The molecule has 4 heterocycles. The van der Waals surface area contributed by atoms with Crippen LogP contribution < -0.4 is 0 Å². The van der Waals surface area contributed by atoms with Gasteiger partial charge >= 0.3 is 0 Å². The van der Waals surface area contributed by atoms with E-state index in [1.807, 2.05) is 0 Å². The molecule has 2 aliphatic heterocycles. The SMILES string of the molecule is CCc1ccc([C@H]2CCOC2)c(CN(C)CCOCC2CC(c3ccc(C(C)C)nc3CN(C)CCOC)CO2)n1. The minimum absolute atomic E-state index is 0.117. The van der Waals surface area contributed by atoms with Gasteiger partial charge in [-0.25, -0.2) is 0 Å². The molecule has 2 aliphatic rings. The lowest BCUT2D eigenvalue weighted by atomic mass is 9.93. The Kier molecular flexibility index (Phi) is 12.5. The highest BCUT2D eigenvalue weighted by molar-refractivity contribution is 5.29. The standard InChI is InChI=1S/C33H52N4O4/c1-7-27-8-9-29(25-12-15-39-21-25)32(34-27)19-37(5)14-17-40-23-28-18-26(22-41-28)30-10-11-31(24(2)3)35-33(30)20-36(4)13-16-38-6/h8-11,24-26,28H,7,12-23H2,1-6H3/t25-,26?,28?/m0/s1. The van der Waals surface area contributed by atoms with Crippen LogP contribution in [0.5, 0.6) is 0 Å². The minimum Gasteiger partial charge on any atom is -0.383 e. The fourth-order valence-electron chi connectivity index (χ4n) is 5.77. The van der Waals surface area contributed by atoms with Crippen LogP contribution in [-0.4, -0.2) is 99.8 Å². The number of hydrogen-bond acceptors (Lipinski definition) is 8. The zero-order valence-corrected chi connectivity index (χ0v) is 26.2. The molecule has 0 aliphatic carbocycles. The van der Waals surface area contributed by atoms with Crippen LogP contribution in [0.25, 0.3) is 0 Å². The van der Waals surface area contributed by atoms with Crippen molar-refractivity contribution in [3.05, 3.63) is 58.2 Å². The fraction of sp³-hybridized carbons (Fsp3) is 0.697. The Hall–Kier alpha value is -1.94. The van der Waals surface area contributed by atoms with Gasteiger partial charge in [-0.2, -0.15) is 0 Å². The van der Waals surface area contributed by atoms with Crippen molar-refractivity contribution in [2.45, 2.75) is 77.0 Å². The quantitative estimate of drug-likeness (QED) is 0.269. The Morgan fingerprint density at radius 2 is 1.63 bits per heavy atom. The third-order valence-electron chi connectivity index (χ3n) is 8.38. The van der Waals surface area contributed by atoms with E-state index in [-0.39, 0.29) is 6.10 Å². The van der Waals surface area contributed by atoms with Crippen LogP contribution in [0.3, 0.4) is 0 Å². The van der Waals surface area contributed by atoms with E-state index in [0.29, 0.717) is 31.0 Å². The molecule has 2 aromatic rings. The zero-order chi connectivity index (χ0) is 29.2. The van der Waals surface area contributed by atoms with Gasteiger partial charge in [-0.1, -0.05) is 32.9 Å². The van der Waals surface area contributed by atoms with Crippen molar-refractivity contribution in [2.75, 3.05) is 73.9 Å². The van der Waals surface area contributed by atoms with Gasteiger partial charge in [0.2, 0.25) is 0 Å². The van der Waals surface area contributed by atoms with Gasteiger partial charge in [-0.15, -0.1) is 0 Å². The largest absolute Gasteiger partial charge is 0.383 e. The van der Waals surface area contributed by atoms with Crippen LogP contribution in [-0.2, 0) is 38.5 Å². The van der Waals surface area contributed by atoms with Crippen LogP contribution in [0.1, 0.15) is 85.3 Å². The van der Waals surface area contributed by atoms with E-state index >= 15 is 0 Å². The van der Waals surface area contributed by atoms with Gasteiger partial charge in [0.15, 0.2) is 0 Å². The van der Waals surface area contributed by atoms with E-state index in [4.69, 9.17) is 28.9 Å². The highest BCUT2D eigenvalue weighted by Crippen LogP contribution is 2.33. The van der Waals surface area contributed by atoms with Crippen molar-refractivity contribution in [1.82, 2.24) is 19.8 Å². The molecule has 228 valence electrons. The summed E-state index contributed by atoms with van der Waals surface area (Å²) in [5.74, 6) is 1.21. The predicted octanol–water partition coefficient (Wildman–Crippen LogP) is 4.77. The third kappa shape index (κ3) is 9.27. The first-order valence-corrected chi connectivity index (χ1v) is 15.5. The summed E-state index contributed by atoms with van der Waals surface area (Å²) in [7, 11) is 6.03. The number of rotatable bonds is 16. The van der Waals surface area contributed by atoms with E-state index in [1.54, 1.807) is 7.11 Å². The maximum atomic E-state index is 6.20. The average molecular weight is 569 g/mol. The summed E-state index contributed by atoms with van der Waals surface area (Å²) in [6, 6.07) is 8.91. The van der Waals surface area contributed by atoms with Gasteiger partial charge in [-0.3, -0.25) is 19.8 Å². The fourth-order valence-corrected chi connectivity index (χ4v) is 5.77. The first-order chi connectivity index (χ1) is 19.9. The summed E-state index contributed by atoms with van der Waals surface area (Å²) in [5, 5.41) is 0. The lowest BCUT2D eigenvalue weighted by Crippen LogP contribution is -2.26. The molecule has 0 amide bonds. The lowest BCUT2D eigenvalue weighted by molar-refractivity contribution is 0.0114. The maximum Gasteiger partial charge on any atom is 0.0815 e. The molecule has 0 N–H and O–H groups in total. The maximum absolute atomic E-state index is 6.20. The number of methoxy groups -OCH3 is 1. The van der Waals surface area contributed by atoms with E-state index in [1.165, 1.54) is 16.8 Å². The summed E-state index contributed by atoms with van der Waals surface area (Å²) in [6.45, 7) is 14.3. The second kappa shape index (κ2) is 16.1. The molecule has 2 aromatic heterocycles. The molecular weight excluding hydrogens is 516 g/mol. The van der Waals surface area contributed by atoms with Gasteiger partial charge < -0.3 is 18.9 Å². The van der Waals surface area contributed by atoms with Crippen LogP contribution in [0, 0.1) is 0 Å². The summed E-state index contributed by atoms with van der Waals surface area (Å²) < 4.78 is 23.3. The lowest BCUT2D eigenvalue weighted by Gasteiger charge is -2.21. The smallest absolute Gasteiger partial charge is 0.0815 e. The first kappa shape index (κ1) is 32.0. The van der Waals surface area contributed by atoms with Crippen LogP contribution in [0.2, 0.25) is 0 Å². The highest BCUT2D eigenvalue weighted by Gasteiger charge is 2.29. The Labute approximate surface area is 247 Å². The number of aryl methyl sites for hydroxylation is 1. The molecule has 8 heteroatoms. The zero-order valence-electron chi connectivity index (χ0n) is 26.2. The second-order valence-electron chi connectivity index (χ2n) is 12.1. The Bertz CT molecular complexity index is 1080. The second-order valence-corrected chi connectivity index (χ2v) is 12.1. The van der Waals surface area contributed by atoms with E-state index in [9.17, 15) is 0 Å². The molecule has 0 spiro atoms. The molecule has 2 unspecified atom stereocenters. The molecule has 4 rings (SSSR count). The molecular formula is C33H52N4O4. The Morgan fingerprint density at radius 3 is 2.32 bits per heavy atom. The predicted molar refractivity (Wildman–Crippen MR) is 163 cm³/mol. The van der Waals surface area contributed by atoms with Crippen LogP contribution in [0.15, 0.2) is 24.3 Å². The monoisotopic (exact) mass is 568 g/mol. The van der Waals surface area contributed by atoms with Crippen molar-refractivity contribution < 1.29 is 18.9 Å².